The van der Waals surface area contributed by atoms with Crippen molar-refractivity contribution in [2.24, 2.45) is 0 Å². The highest BCUT2D eigenvalue weighted by molar-refractivity contribution is 6.31. The van der Waals surface area contributed by atoms with Crippen molar-refractivity contribution in [2.45, 2.75) is 26.3 Å². The molecule has 0 unspecified atom stereocenters. The van der Waals surface area contributed by atoms with Gasteiger partial charge in [0.25, 0.3) is 5.91 Å². The third-order valence-corrected chi connectivity index (χ3v) is 6.44. The van der Waals surface area contributed by atoms with E-state index in [-0.39, 0.29) is 41.7 Å². The molecule has 0 radical (unpaired) electrons. The van der Waals surface area contributed by atoms with Gasteiger partial charge in [0.15, 0.2) is 0 Å². The molecule has 0 spiro atoms. The first-order valence-electron chi connectivity index (χ1n) is 11.0. The zero-order valence-electron chi connectivity index (χ0n) is 18.7. The van der Waals surface area contributed by atoms with Gasteiger partial charge in [-0.3, -0.25) is 9.59 Å². The molecule has 5 rings (SSSR count). The highest BCUT2D eigenvalue weighted by Crippen LogP contribution is 2.36. The van der Waals surface area contributed by atoms with Crippen LogP contribution in [0, 0.1) is 18.6 Å². The summed E-state index contributed by atoms with van der Waals surface area (Å²) in [6.45, 7) is 2.15. The Kier molecular flexibility index (Phi) is 5.94. The first kappa shape index (κ1) is 22.9. The monoisotopic (exact) mass is 491 g/mol. The number of hydrogen-bond acceptors (Lipinski definition) is 3. The van der Waals surface area contributed by atoms with E-state index in [0.29, 0.717) is 39.2 Å². The van der Waals surface area contributed by atoms with Crippen LogP contribution in [-0.4, -0.2) is 21.7 Å². The Labute approximate surface area is 205 Å². The maximum Gasteiger partial charge on any atom is 0.252 e. The lowest BCUT2D eigenvalue weighted by atomic mass is 9.92. The first-order valence-corrected chi connectivity index (χ1v) is 11.4. The molecule has 0 atom stereocenters. The summed E-state index contributed by atoms with van der Waals surface area (Å²) in [4.78, 5) is 32.6. The number of imidazole rings is 1. The molecule has 3 aromatic carbocycles. The molecule has 0 aliphatic carbocycles. The molecule has 0 saturated carbocycles. The minimum atomic E-state index is -0.544. The second-order valence-corrected chi connectivity index (χ2v) is 8.93. The first-order chi connectivity index (χ1) is 16.8. The van der Waals surface area contributed by atoms with Crippen LogP contribution >= 0.6 is 11.6 Å². The van der Waals surface area contributed by atoms with Crippen molar-refractivity contribution >= 4 is 23.3 Å². The van der Waals surface area contributed by atoms with E-state index in [2.05, 4.69) is 15.3 Å². The van der Waals surface area contributed by atoms with Crippen LogP contribution in [0.2, 0.25) is 5.02 Å². The van der Waals surface area contributed by atoms with Gasteiger partial charge in [-0.15, -0.1) is 0 Å². The SMILES string of the molecule is Cc1cnc(-c2ccc(-c3ccc(CC(=O)Cc4c(F)cccc4Cl)cc3F)c3c2C(=O)NC3)[nH]1. The minimum absolute atomic E-state index is 0.0587. The summed E-state index contributed by atoms with van der Waals surface area (Å²) >= 11 is 6.01. The summed E-state index contributed by atoms with van der Waals surface area (Å²) in [6, 6.07) is 12.3. The number of aryl methyl sites for hydroxylation is 1. The highest BCUT2D eigenvalue weighted by Gasteiger charge is 2.28. The number of carbonyl (C=O) groups is 2. The normalized spacial score (nSPS) is 12.5. The van der Waals surface area contributed by atoms with Gasteiger partial charge in [0, 0.05) is 53.0 Å². The lowest BCUT2D eigenvalue weighted by Gasteiger charge is -2.12. The number of carbonyl (C=O) groups excluding carboxylic acids is 2. The summed E-state index contributed by atoms with van der Waals surface area (Å²) < 4.78 is 29.2. The molecule has 0 saturated heterocycles. The number of H-pyrrole nitrogens is 1. The van der Waals surface area contributed by atoms with Gasteiger partial charge in [0.2, 0.25) is 0 Å². The number of benzene rings is 3. The summed E-state index contributed by atoms with van der Waals surface area (Å²) in [6.07, 6.45) is 1.45. The summed E-state index contributed by atoms with van der Waals surface area (Å²) in [5.74, 6) is -0.996. The number of aromatic amines is 1. The van der Waals surface area contributed by atoms with Gasteiger partial charge < -0.3 is 10.3 Å². The van der Waals surface area contributed by atoms with Crippen molar-refractivity contribution in [1.29, 1.82) is 0 Å². The van der Waals surface area contributed by atoms with Gasteiger partial charge >= 0.3 is 0 Å². The molecule has 2 heterocycles. The molecular weight excluding hydrogens is 472 g/mol. The number of Topliss-reactive ketones (excluding diaryl/α,β-unsaturated/α-hetero) is 1. The Morgan fingerprint density at radius 2 is 1.80 bits per heavy atom. The van der Waals surface area contributed by atoms with Crippen LogP contribution in [0.4, 0.5) is 8.78 Å². The topological polar surface area (TPSA) is 74.8 Å². The second kappa shape index (κ2) is 9.07. The largest absolute Gasteiger partial charge is 0.348 e. The Hall–Kier alpha value is -3.84. The average molecular weight is 492 g/mol. The van der Waals surface area contributed by atoms with Gasteiger partial charge in [0.1, 0.15) is 23.2 Å². The molecule has 1 aromatic heterocycles. The molecule has 1 aliphatic heterocycles. The maximum absolute atomic E-state index is 15.2. The van der Waals surface area contributed by atoms with E-state index >= 15 is 4.39 Å². The van der Waals surface area contributed by atoms with Crippen LogP contribution < -0.4 is 5.32 Å². The number of nitrogens with one attached hydrogen (secondary N) is 2. The number of rotatable bonds is 6. The number of halogens is 3. The maximum atomic E-state index is 15.2. The molecule has 1 amide bonds. The van der Waals surface area contributed by atoms with Crippen LogP contribution in [-0.2, 0) is 24.2 Å². The van der Waals surface area contributed by atoms with E-state index in [0.717, 1.165) is 5.69 Å². The van der Waals surface area contributed by atoms with Crippen molar-refractivity contribution in [3.63, 3.8) is 0 Å². The average Bonchev–Trinajstić information content (AvgIpc) is 3.42. The van der Waals surface area contributed by atoms with E-state index in [1.807, 2.05) is 6.92 Å². The third kappa shape index (κ3) is 4.35. The molecule has 2 N–H and O–H groups in total. The van der Waals surface area contributed by atoms with E-state index < -0.39 is 11.6 Å². The standard InChI is InChI=1S/C27H20ClF2N3O2/c1-14-12-31-26(33-14)19-8-7-17(21-13-32-27(35)25(19)21)18-6-5-15(10-24(18)30)9-16(34)11-20-22(28)3-2-4-23(20)29/h2-8,10,12H,9,11,13H2,1H3,(H,31,33)(H,32,35). The van der Waals surface area contributed by atoms with Crippen molar-refractivity contribution in [3.05, 3.63) is 99.3 Å². The van der Waals surface area contributed by atoms with Crippen LogP contribution in [0.5, 0.6) is 0 Å². The summed E-state index contributed by atoms with van der Waals surface area (Å²) in [5, 5.41) is 3.00. The Morgan fingerprint density at radius 3 is 2.51 bits per heavy atom. The molecule has 8 heteroatoms. The zero-order chi connectivity index (χ0) is 24.7. The predicted octanol–water partition coefficient (Wildman–Crippen LogP) is 5.58. The smallest absolute Gasteiger partial charge is 0.252 e. The van der Waals surface area contributed by atoms with E-state index in [1.165, 1.54) is 24.3 Å². The molecule has 176 valence electrons. The van der Waals surface area contributed by atoms with Crippen LogP contribution in [0.1, 0.15) is 32.7 Å². The van der Waals surface area contributed by atoms with E-state index in [1.54, 1.807) is 30.5 Å². The van der Waals surface area contributed by atoms with Crippen molar-refractivity contribution in [3.8, 4) is 22.5 Å². The molecule has 35 heavy (non-hydrogen) atoms. The molecular formula is C27H20ClF2N3O2. The third-order valence-electron chi connectivity index (χ3n) is 6.08. The van der Waals surface area contributed by atoms with Gasteiger partial charge in [-0.1, -0.05) is 35.9 Å². The molecule has 1 aliphatic rings. The number of ketones is 1. The quantitative estimate of drug-likeness (QED) is 0.369. The van der Waals surface area contributed by atoms with Gasteiger partial charge in [-0.2, -0.15) is 0 Å². The number of hydrogen-bond donors (Lipinski definition) is 2. The van der Waals surface area contributed by atoms with Gasteiger partial charge in [-0.25, -0.2) is 13.8 Å². The number of amides is 1. The Balaban J connectivity index is 1.43. The van der Waals surface area contributed by atoms with Crippen molar-refractivity contribution in [1.82, 2.24) is 15.3 Å². The van der Waals surface area contributed by atoms with Crippen LogP contribution in [0.25, 0.3) is 22.5 Å². The van der Waals surface area contributed by atoms with Crippen molar-refractivity contribution in [2.75, 3.05) is 0 Å². The Morgan fingerprint density at radius 1 is 1.03 bits per heavy atom. The number of fused-ring (bicyclic) bond motifs is 1. The molecule has 0 bridgehead atoms. The highest BCUT2D eigenvalue weighted by atomic mass is 35.5. The molecule has 0 fully saturated rings. The van der Waals surface area contributed by atoms with Crippen LogP contribution in [0.15, 0.2) is 54.7 Å². The number of aromatic nitrogens is 2. The summed E-state index contributed by atoms with van der Waals surface area (Å²) in [5.41, 5.74) is 4.21. The Bertz CT molecular complexity index is 1480. The lowest BCUT2D eigenvalue weighted by molar-refractivity contribution is -0.117. The fraction of sp³-hybridized carbons (Fsp3) is 0.148. The minimum Gasteiger partial charge on any atom is -0.348 e. The molecule has 4 aromatic rings. The van der Waals surface area contributed by atoms with Crippen molar-refractivity contribution < 1.29 is 18.4 Å². The lowest BCUT2D eigenvalue weighted by Crippen LogP contribution is -2.13. The predicted molar refractivity (Wildman–Crippen MR) is 129 cm³/mol. The fourth-order valence-corrected chi connectivity index (χ4v) is 4.65. The van der Waals surface area contributed by atoms with Gasteiger partial charge in [-0.05, 0) is 47.9 Å². The fourth-order valence-electron chi connectivity index (χ4n) is 4.42. The molecule has 5 nitrogen and oxygen atoms in total. The number of nitrogens with zero attached hydrogens (tertiary/aromatic N) is 1. The van der Waals surface area contributed by atoms with E-state index in [4.69, 9.17) is 11.6 Å². The summed E-state index contributed by atoms with van der Waals surface area (Å²) in [7, 11) is 0. The zero-order valence-corrected chi connectivity index (χ0v) is 19.5. The van der Waals surface area contributed by atoms with Crippen LogP contribution in [0.3, 0.4) is 0 Å². The second-order valence-electron chi connectivity index (χ2n) is 8.52. The van der Waals surface area contributed by atoms with E-state index in [9.17, 15) is 14.0 Å². The van der Waals surface area contributed by atoms with Gasteiger partial charge in [0.05, 0.1) is 5.56 Å².